The fourth-order valence-electron chi connectivity index (χ4n) is 15.0. The van der Waals surface area contributed by atoms with Gasteiger partial charge in [0.05, 0.1) is 0 Å². The van der Waals surface area contributed by atoms with Crippen LogP contribution in [0.25, 0.3) is 152 Å². The second kappa shape index (κ2) is 31.5. The molecule has 0 saturated heterocycles. The van der Waals surface area contributed by atoms with E-state index in [0.29, 0.717) is 0 Å². The van der Waals surface area contributed by atoms with Crippen molar-refractivity contribution in [3.8, 4) is 44.5 Å². The Balaban J connectivity index is 0.000000192. The van der Waals surface area contributed by atoms with E-state index >= 15 is 0 Å². The van der Waals surface area contributed by atoms with Crippen LogP contribution in [0, 0.1) is 14.9 Å². The molecule has 468 valence electrons. The molecule has 0 N–H and O–H groups in total. The summed E-state index contributed by atoms with van der Waals surface area (Å²) in [4.78, 5) is 0. The van der Waals surface area contributed by atoms with Crippen LogP contribution in [0.4, 0.5) is 0 Å². The number of aryl methyl sites for hydroxylation is 2. The van der Waals surface area contributed by atoms with Gasteiger partial charge in [-0.2, -0.15) is 12.1 Å². The van der Waals surface area contributed by atoms with Crippen molar-refractivity contribution in [1.82, 2.24) is 0 Å². The van der Waals surface area contributed by atoms with Gasteiger partial charge in [0.15, 0.2) is 0 Å². The first-order chi connectivity index (χ1) is 44.6. The predicted octanol–water partition coefficient (Wildman–Crippen LogP) is 20.6. The van der Waals surface area contributed by atoms with Gasteiger partial charge in [0.25, 0.3) is 0 Å². The summed E-state index contributed by atoms with van der Waals surface area (Å²) in [6, 6.07) is 100. The average Bonchev–Trinajstić information content (AvgIpc) is 1.40. The van der Waals surface area contributed by atoms with Crippen molar-refractivity contribution in [3.05, 3.63) is 293 Å². The van der Waals surface area contributed by atoms with Crippen LogP contribution in [-0.4, -0.2) is 6.88 Å². The molecule has 94 heavy (non-hydrogen) atoms. The fraction of sp³-hybridized carbons (Fsp3) is 0.156. The predicted molar refractivity (Wildman–Crippen MR) is 404 cm³/mol. The Morgan fingerprint density at radius 1 is 0.255 bits per heavy atom. The topological polar surface area (TPSA) is 0 Å². The molecule has 0 aliphatic rings. The fourth-order valence-corrected chi connectivity index (χ4v) is 15.0. The third kappa shape index (κ3) is 13.4. The summed E-state index contributed by atoms with van der Waals surface area (Å²) in [7, 11) is 0. The van der Waals surface area contributed by atoms with E-state index in [2.05, 4.69) is 288 Å². The van der Waals surface area contributed by atoms with Crippen molar-refractivity contribution in [2.24, 2.45) is 0 Å². The molecule has 16 rings (SSSR count). The molecule has 0 aliphatic carbocycles. The van der Waals surface area contributed by atoms with Crippen LogP contribution in [0.3, 0.4) is 0 Å². The first-order valence-corrected chi connectivity index (χ1v) is 37.1. The molecule has 2 radical (unpaired) electrons. The third-order valence-corrected chi connectivity index (χ3v) is 19.2. The van der Waals surface area contributed by atoms with Gasteiger partial charge in [-0.1, -0.05) is 319 Å². The van der Waals surface area contributed by atoms with E-state index in [1.54, 1.807) is 0 Å². The third-order valence-electron chi connectivity index (χ3n) is 19.2. The molecule has 0 bridgehead atoms. The normalized spacial score (nSPS) is 11.1. The number of benzene rings is 14. The SMILES string of the molecule is CCCCCCCc1cc2c(-c3c4ccccc4cc4ccccc34)ccc(-c3c4ccccc4cc4ccccc34)c2[cH-]1.CCCCCCCc1cc2c(-c3c4ccccc4cc4ccccc34)ccc(-c3c4ccccc4cc4ccccc34)c2[cH-]1.[CH3-].[CH3-].[Cl-].[Cl-].[Si]=[Zr]. The second-order valence-corrected chi connectivity index (χ2v) is 24.8. The van der Waals surface area contributed by atoms with Crippen molar-refractivity contribution in [2.45, 2.75) is 90.9 Å². The molecule has 16 aromatic rings. The summed E-state index contributed by atoms with van der Waals surface area (Å²) in [5.74, 6) is 0. The van der Waals surface area contributed by atoms with Crippen LogP contribution in [0.5, 0.6) is 0 Å². The molecular weight excluding hydrogens is 1270 g/mol. The number of hydrogen-bond donors (Lipinski definition) is 0. The van der Waals surface area contributed by atoms with Gasteiger partial charge in [-0.05, 0) is 146 Å². The van der Waals surface area contributed by atoms with Crippen LogP contribution < -0.4 is 24.8 Å². The van der Waals surface area contributed by atoms with Crippen LogP contribution in [0.2, 0.25) is 0 Å². The number of rotatable bonds is 16. The molecule has 0 unspecified atom stereocenters. The van der Waals surface area contributed by atoms with Crippen LogP contribution >= 0.6 is 0 Å². The molecule has 0 amide bonds. The summed E-state index contributed by atoms with van der Waals surface area (Å²) in [5.41, 5.74) is 13.6. The van der Waals surface area contributed by atoms with Gasteiger partial charge in [-0.3, -0.25) is 0 Å². The minimum absolute atomic E-state index is 0. The van der Waals surface area contributed by atoms with Gasteiger partial charge in [0.2, 0.25) is 0 Å². The standard InChI is InChI=1S/2C44H37.2CH3.2ClH.Si.Zr/c2*1-2-3-4-5-6-15-30-26-41-39(43-35-20-11-7-16-31(35)28-32-17-8-12-21-36(32)43)24-25-40(42(41)27-30)44-37-22-13-9-18-33(37)29-34-19-10-14-23-38(34)44;;;;;;/h2*7-14,16-29H,2-6,15H2,1H3;2*1H3;2*1H;;/q4*-1;;;;/p-2. The first-order valence-electron chi connectivity index (χ1n) is 32.9. The average molecular weight is 1350 g/mol. The molecule has 0 aliphatic heterocycles. The van der Waals surface area contributed by atoms with Gasteiger partial charge in [0, 0.05) is 0 Å². The number of halogens is 2. The van der Waals surface area contributed by atoms with E-state index in [0.717, 1.165) is 12.8 Å². The van der Waals surface area contributed by atoms with Gasteiger partial charge in [-0.25, -0.2) is 0 Å². The maximum atomic E-state index is 3.06. The number of unbranched alkanes of at least 4 members (excludes halogenated alkanes) is 8. The Hall–Kier alpha value is -7.94. The molecular formula is C90H80Cl2SiZr-6. The van der Waals surface area contributed by atoms with Crippen LogP contribution in [-0.2, 0) is 36.2 Å². The van der Waals surface area contributed by atoms with Gasteiger partial charge < -0.3 is 39.7 Å². The van der Waals surface area contributed by atoms with Gasteiger partial charge >= 0.3 is 30.2 Å². The number of fused-ring (bicyclic) bond motifs is 10. The first kappa shape index (κ1) is 68.9. The Morgan fingerprint density at radius 3 is 0.713 bits per heavy atom. The molecule has 0 atom stereocenters. The minimum atomic E-state index is 0. The Bertz CT molecular complexity index is 4440. The molecule has 0 fully saturated rings. The Kier molecular flexibility index (Phi) is 23.1. The molecule has 0 aromatic heterocycles. The molecule has 0 spiro atoms. The van der Waals surface area contributed by atoms with Gasteiger partial charge in [-0.15, -0.1) is 44.8 Å². The molecule has 16 aromatic carbocycles. The van der Waals surface area contributed by atoms with E-state index in [-0.39, 0.29) is 39.7 Å². The summed E-state index contributed by atoms with van der Waals surface area (Å²) in [5, 5.41) is 26.3. The Morgan fingerprint density at radius 2 is 0.468 bits per heavy atom. The summed E-state index contributed by atoms with van der Waals surface area (Å²) < 4.78 is 0. The Labute approximate surface area is 586 Å². The van der Waals surface area contributed by atoms with Crippen molar-refractivity contribution in [3.63, 3.8) is 0 Å². The van der Waals surface area contributed by atoms with Gasteiger partial charge in [0.1, 0.15) is 0 Å². The van der Waals surface area contributed by atoms with E-state index in [4.69, 9.17) is 0 Å². The zero-order chi connectivity index (χ0) is 60.9. The summed E-state index contributed by atoms with van der Waals surface area (Å²) in [6.07, 6.45) is 15.2. The maximum absolute atomic E-state index is 3.06. The quantitative estimate of drug-likeness (QED) is 0.0391. The van der Waals surface area contributed by atoms with E-state index in [9.17, 15) is 0 Å². The monoisotopic (exact) mass is 1350 g/mol. The van der Waals surface area contributed by atoms with Crippen molar-refractivity contribution in [1.29, 1.82) is 0 Å². The van der Waals surface area contributed by atoms with E-state index < -0.39 is 0 Å². The van der Waals surface area contributed by atoms with Crippen molar-refractivity contribution >= 4 is 115 Å². The van der Waals surface area contributed by atoms with Crippen molar-refractivity contribution < 1.29 is 48.1 Å². The summed E-state index contributed by atoms with van der Waals surface area (Å²) in [6.45, 7) is 7.65. The van der Waals surface area contributed by atoms with Crippen LogP contribution in [0.1, 0.15) is 89.2 Å². The summed E-state index contributed by atoms with van der Waals surface area (Å²) >= 11 is 1.36. The molecule has 4 heteroatoms. The molecule has 0 nitrogen and oxygen atoms in total. The molecule has 0 heterocycles. The zero-order valence-corrected chi connectivity index (χ0v) is 59.6. The second-order valence-electron chi connectivity index (χ2n) is 24.8. The van der Waals surface area contributed by atoms with E-state index in [1.165, 1.54) is 251 Å². The zero-order valence-electron chi connectivity index (χ0n) is 54.6. The van der Waals surface area contributed by atoms with E-state index in [1.807, 2.05) is 0 Å². The van der Waals surface area contributed by atoms with Crippen molar-refractivity contribution in [2.75, 3.05) is 0 Å². The number of hydrogen-bond acceptors (Lipinski definition) is 0. The van der Waals surface area contributed by atoms with Crippen LogP contribution in [0.15, 0.2) is 267 Å². The molecule has 0 saturated carbocycles.